The lowest BCUT2D eigenvalue weighted by atomic mass is 10.4. The largest absolute Gasteiger partial charge is 0.462 e. The minimum absolute atomic E-state index is 0.861. The van der Waals surface area contributed by atoms with Crippen LogP contribution >= 0.6 is 12.6 Å². The van der Waals surface area contributed by atoms with E-state index in [2.05, 4.69) is 43.0 Å². The lowest BCUT2D eigenvalue weighted by molar-refractivity contribution is 0.640. The van der Waals surface area contributed by atoms with E-state index >= 15 is 0 Å². The summed E-state index contributed by atoms with van der Waals surface area (Å²) >= 11 is 4.22. The van der Waals surface area contributed by atoms with Crippen LogP contribution in [0.25, 0.3) is 0 Å². The van der Waals surface area contributed by atoms with Gasteiger partial charge in [-0.25, -0.2) is 0 Å². The lowest BCUT2D eigenvalue weighted by Crippen LogP contribution is -2.32. The fraction of sp³-hybridized carbons (Fsp3) is 0.333. The maximum atomic E-state index is 5.68. The average Bonchev–Trinajstić information content (AvgIpc) is 2.21. The van der Waals surface area contributed by atoms with Gasteiger partial charge in [0.2, 0.25) is 0 Å². The quantitative estimate of drug-likeness (QED) is 0.561. The van der Waals surface area contributed by atoms with Crippen molar-refractivity contribution in [1.29, 1.82) is 0 Å². The standard InChI is InChI=1S/C9H16OSSi2/c11-7-4-8-13(10-12)9-5-2-1-3-6-9/h1-3,5-6,11,13H,4,7-8H2,12H3. The second-order valence-corrected chi connectivity index (χ2v) is 7.55. The van der Waals surface area contributed by atoms with Crippen LogP contribution in [-0.4, -0.2) is 25.3 Å². The van der Waals surface area contributed by atoms with Gasteiger partial charge in [-0.3, -0.25) is 0 Å². The zero-order chi connectivity index (χ0) is 9.52. The molecule has 1 unspecified atom stereocenters. The first-order valence-electron chi connectivity index (χ1n) is 4.57. The molecule has 0 aliphatic carbocycles. The van der Waals surface area contributed by atoms with E-state index in [4.69, 9.17) is 4.12 Å². The van der Waals surface area contributed by atoms with Crippen LogP contribution in [0.5, 0.6) is 0 Å². The summed E-state index contributed by atoms with van der Waals surface area (Å²) in [4.78, 5) is 0. The molecule has 0 aromatic heterocycles. The van der Waals surface area contributed by atoms with Crippen LogP contribution in [0.1, 0.15) is 6.42 Å². The maximum Gasteiger partial charge on any atom is 0.195 e. The highest BCUT2D eigenvalue weighted by Crippen LogP contribution is 2.00. The van der Waals surface area contributed by atoms with Gasteiger partial charge in [0.25, 0.3) is 0 Å². The molecule has 0 saturated carbocycles. The predicted octanol–water partition coefficient (Wildman–Crippen LogP) is 0.234. The summed E-state index contributed by atoms with van der Waals surface area (Å²) in [5.74, 6) is 0.973. The third kappa shape index (κ3) is 3.68. The number of hydrogen-bond acceptors (Lipinski definition) is 2. The smallest absolute Gasteiger partial charge is 0.195 e. The van der Waals surface area contributed by atoms with Crippen LogP contribution in [0.4, 0.5) is 0 Å². The van der Waals surface area contributed by atoms with Gasteiger partial charge in [0.1, 0.15) is 10.5 Å². The summed E-state index contributed by atoms with van der Waals surface area (Å²) in [6, 6.07) is 11.8. The molecule has 0 saturated heterocycles. The Hall–Kier alpha value is -0.0362. The molecule has 0 bridgehead atoms. The van der Waals surface area contributed by atoms with Gasteiger partial charge in [-0.05, 0) is 23.4 Å². The topological polar surface area (TPSA) is 9.23 Å². The van der Waals surface area contributed by atoms with Crippen LogP contribution in [0, 0.1) is 0 Å². The summed E-state index contributed by atoms with van der Waals surface area (Å²) in [5.41, 5.74) is 0. The van der Waals surface area contributed by atoms with E-state index in [1.54, 1.807) is 0 Å². The monoisotopic (exact) mass is 228 g/mol. The minimum Gasteiger partial charge on any atom is -0.462 e. The fourth-order valence-corrected chi connectivity index (χ4v) is 5.48. The number of thiol groups is 1. The Balaban J connectivity index is 2.56. The molecule has 0 N–H and O–H groups in total. The fourth-order valence-electron chi connectivity index (χ4n) is 1.36. The highest BCUT2D eigenvalue weighted by atomic mass is 32.1. The van der Waals surface area contributed by atoms with Crippen molar-refractivity contribution in [3.63, 3.8) is 0 Å². The molecule has 72 valence electrons. The molecule has 1 aromatic carbocycles. The first-order valence-corrected chi connectivity index (χ1v) is 7.88. The van der Waals surface area contributed by atoms with E-state index in [1.807, 2.05) is 0 Å². The normalized spacial score (nSPS) is 13.0. The lowest BCUT2D eigenvalue weighted by Gasteiger charge is -2.13. The minimum atomic E-state index is -1.08. The van der Waals surface area contributed by atoms with Crippen LogP contribution in [0.2, 0.25) is 6.04 Å². The van der Waals surface area contributed by atoms with Gasteiger partial charge in [-0.2, -0.15) is 12.6 Å². The van der Waals surface area contributed by atoms with Gasteiger partial charge < -0.3 is 4.12 Å². The maximum absolute atomic E-state index is 5.68. The Morgan fingerprint density at radius 1 is 1.31 bits per heavy atom. The van der Waals surface area contributed by atoms with Gasteiger partial charge in [-0.15, -0.1) is 0 Å². The van der Waals surface area contributed by atoms with Crippen LogP contribution < -0.4 is 5.19 Å². The Morgan fingerprint density at radius 2 is 2.00 bits per heavy atom. The van der Waals surface area contributed by atoms with E-state index in [0.29, 0.717) is 0 Å². The molecule has 13 heavy (non-hydrogen) atoms. The average molecular weight is 228 g/mol. The Labute approximate surface area is 90.2 Å². The number of hydrogen-bond donors (Lipinski definition) is 1. The third-order valence-corrected chi connectivity index (χ3v) is 6.73. The van der Waals surface area contributed by atoms with E-state index in [9.17, 15) is 0 Å². The molecular formula is C9H16OSSi2. The van der Waals surface area contributed by atoms with E-state index in [-0.39, 0.29) is 0 Å². The Morgan fingerprint density at radius 3 is 2.54 bits per heavy atom. The van der Waals surface area contributed by atoms with Crippen LogP contribution in [0.15, 0.2) is 30.3 Å². The molecule has 0 spiro atoms. The summed E-state index contributed by atoms with van der Waals surface area (Å²) in [5, 5.41) is 1.43. The summed E-state index contributed by atoms with van der Waals surface area (Å²) in [6.45, 7) is 0. The zero-order valence-electron chi connectivity index (χ0n) is 7.94. The summed E-state index contributed by atoms with van der Waals surface area (Å²) < 4.78 is 5.68. The molecule has 4 heteroatoms. The Bertz CT molecular complexity index is 230. The molecule has 1 nitrogen and oxygen atoms in total. The van der Waals surface area contributed by atoms with Crippen LogP contribution in [-0.2, 0) is 4.12 Å². The van der Waals surface area contributed by atoms with Crippen molar-refractivity contribution >= 4 is 37.3 Å². The molecular weight excluding hydrogens is 212 g/mol. The van der Waals surface area contributed by atoms with Crippen molar-refractivity contribution in [2.45, 2.75) is 12.5 Å². The third-order valence-electron chi connectivity index (χ3n) is 2.08. The summed E-state index contributed by atoms with van der Waals surface area (Å²) in [6.07, 6.45) is 1.18. The second-order valence-electron chi connectivity index (χ2n) is 3.00. The molecule has 0 aliphatic heterocycles. The second kappa shape index (κ2) is 6.42. The van der Waals surface area contributed by atoms with Crippen molar-refractivity contribution in [3.05, 3.63) is 30.3 Å². The van der Waals surface area contributed by atoms with Crippen LogP contribution in [0.3, 0.4) is 0 Å². The molecule has 1 aromatic rings. The van der Waals surface area contributed by atoms with Crippen molar-refractivity contribution in [1.82, 2.24) is 0 Å². The molecule has 1 atom stereocenters. The van der Waals surface area contributed by atoms with Gasteiger partial charge in [-0.1, -0.05) is 30.3 Å². The van der Waals surface area contributed by atoms with E-state index in [0.717, 1.165) is 16.2 Å². The first-order chi connectivity index (χ1) is 6.38. The van der Waals surface area contributed by atoms with E-state index < -0.39 is 9.04 Å². The van der Waals surface area contributed by atoms with Crippen molar-refractivity contribution < 1.29 is 4.12 Å². The number of rotatable bonds is 5. The molecule has 0 aliphatic rings. The highest BCUT2D eigenvalue weighted by molar-refractivity contribution is 7.80. The highest BCUT2D eigenvalue weighted by Gasteiger charge is 2.10. The molecule has 0 fully saturated rings. The predicted molar refractivity (Wildman–Crippen MR) is 67.5 cm³/mol. The number of benzene rings is 1. The van der Waals surface area contributed by atoms with Gasteiger partial charge in [0.05, 0.1) is 0 Å². The zero-order valence-corrected chi connectivity index (χ0v) is 12.0. The van der Waals surface area contributed by atoms with Gasteiger partial charge in [0, 0.05) is 0 Å². The molecule has 0 radical (unpaired) electrons. The van der Waals surface area contributed by atoms with E-state index in [1.165, 1.54) is 17.7 Å². The SMILES string of the molecule is [SiH3]O[SiH](CCCS)c1ccccc1. The first kappa shape index (κ1) is 11.0. The molecule has 0 amide bonds. The molecule has 0 heterocycles. The van der Waals surface area contributed by atoms with Crippen molar-refractivity contribution in [2.24, 2.45) is 0 Å². The van der Waals surface area contributed by atoms with Crippen molar-refractivity contribution in [2.75, 3.05) is 5.75 Å². The summed E-state index contributed by atoms with van der Waals surface area (Å²) in [7, 11) is -0.215. The Kier molecular flexibility index (Phi) is 5.45. The van der Waals surface area contributed by atoms with Gasteiger partial charge in [0.15, 0.2) is 9.04 Å². The van der Waals surface area contributed by atoms with Gasteiger partial charge >= 0.3 is 0 Å². The molecule has 1 rings (SSSR count). The van der Waals surface area contributed by atoms with Crippen molar-refractivity contribution in [3.8, 4) is 0 Å².